The van der Waals surface area contributed by atoms with Crippen molar-refractivity contribution in [2.75, 3.05) is 13.0 Å². The van der Waals surface area contributed by atoms with Gasteiger partial charge in [-0.1, -0.05) is 32.6 Å². The zero-order valence-electron chi connectivity index (χ0n) is 14.5. The number of hydrogen-bond donors (Lipinski definition) is 0. The van der Waals surface area contributed by atoms with Gasteiger partial charge < -0.3 is 9.16 Å². The summed E-state index contributed by atoms with van der Waals surface area (Å²) >= 11 is 5.65. The average Bonchev–Trinajstić information content (AvgIpc) is 2.42. The Balaban J connectivity index is 3.24. The summed E-state index contributed by atoms with van der Waals surface area (Å²) in [4.78, 5) is 12.2. The van der Waals surface area contributed by atoms with Crippen LogP contribution in [0.2, 0.25) is 18.1 Å². The van der Waals surface area contributed by atoms with Gasteiger partial charge in [-0.05, 0) is 31.0 Å². The van der Waals surface area contributed by atoms with Crippen LogP contribution in [0, 0.1) is 17.8 Å². The van der Waals surface area contributed by atoms with Crippen LogP contribution in [-0.4, -0.2) is 27.3 Å². The van der Waals surface area contributed by atoms with Crippen molar-refractivity contribution >= 4 is 25.9 Å². The number of methoxy groups -OCH3 is 1. The number of halogens is 1. The monoisotopic (exact) mass is 342 g/mol. The number of carbonyl (C=O) groups excluding carboxylic acids is 1. The highest BCUT2D eigenvalue weighted by Gasteiger charge is 2.41. The van der Waals surface area contributed by atoms with Crippen LogP contribution in [0.3, 0.4) is 0 Å². The fourth-order valence-electron chi connectivity index (χ4n) is 2.18. The van der Waals surface area contributed by atoms with Gasteiger partial charge in [-0.3, -0.25) is 0 Å². The minimum absolute atomic E-state index is 0.0794. The van der Waals surface area contributed by atoms with E-state index < -0.39 is 8.32 Å². The van der Waals surface area contributed by atoms with E-state index in [1.165, 1.54) is 7.11 Å². The predicted molar refractivity (Wildman–Crippen MR) is 93.2 cm³/mol. The van der Waals surface area contributed by atoms with Gasteiger partial charge >= 0.3 is 5.97 Å². The Morgan fingerprint density at radius 2 is 2.05 bits per heavy atom. The van der Waals surface area contributed by atoms with E-state index in [9.17, 15) is 4.79 Å². The first-order chi connectivity index (χ1) is 10.1. The van der Waals surface area contributed by atoms with Gasteiger partial charge in [-0.15, -0.1) is 11.6 Å². The molecule has 0 saturated carbocycles. The number of carbonyl (C=O) groups is 1. The molecule has 22 heavy (non-hydrogen) atoms. The fraction of sp³-hybridized carbons (Fsp3) is 0.706. The molecule has 3 nitrogen and oxygen atoms in total. The third-order valence-corrected chi connectivity index (χ3v) is 8.98. The molecule has 5 heteroatoms. The van der Waals surface area contributed by atoms with Crippen LogP contribution >= 0.6 is 11.6 Å². The average molecular weight is 343 g/mol. The smallest absolute Gasteiger partial charge is 0.338 e. The van der Waals surface area contributed by atoms with E-state index in [1.54, 1.807) is 0 Å². The van der Waals surface area contributed by atoms with Gasteiger partial charge in [0.2, 0.25) is 8.32 Å². The summed E-state index contributed by atoms with van der Waals surface area (Å²) in [5.41, 5.74) is 0.594. The van der Waals surface area contributed by atoms with Gasteiger partial charge in [0, 0.05) is 6.42 Å². The SMILES string of the molecule is COC(=O)C1=C(O[Si](C)(C)C(C)(C)C)CCCC1C#CCCl. The highest BCUT2D eigenvalue weighted by Crippen LogP contribution is 2.41. The fourth-order valence-corrected chi connectivity index (χ4v) is 3.39. The van der Waals surface area contributed by atoms with Crippen molar-refractivity contribution in [1.82, 2.24) is 0 Å². The van der Waals surface area contributed by atoms with E-state index in [4.69, 9.17) is 20.8 Å². The number of ether oxygens (including phenoxy) is 1. The molecule has 0 saturated heterocycles. The Morgan fingerprint density at radius 1 is 1.41 bits per heavy atom. The molecular formula is C17H27ClO3Si. The molecule has 0 fully saturated rings. The van der Waals surface area contributed by atoms with Crippen LogP contribution in [0.1, 0.15) is 40.0 Å². The van der Waals surface area contributed by atoms with Crippen molar-refractivity contribution in [3.05, 3.63) is 11.3 Å². The van der Waals surface area contributed by atoms with Gasteiger partial charge in [0.1, 0.15) is 0 Å². The first-order valence-corrected chi connectivity index (χ1v) is 11.1. The third kappa shape index (κ3) is 4.53. The van der Waals surface area contributed by atoms with Gasteiger partial charge in [0.05, 0.1) is 30.2 Å². The second-order valence-corrected chi connectivity index (χ2v) is 12.1. The van der Waals surface area contributed by atoms with Crippen LogP contribution in [-0.2, 0) is 14.0 Å². The lowest BCUT2D eigenvalue weighted by molar-refractivity contribution is -0.136. The number of alkyl halides is 1. The zero-order chi connectivity index (χ0) is 17.0. The van der Waals surface area contributed by atoms with Gasteiger partial charge in [0.15, 0.2) is 0 Å². The number of esters is 1. The summed E-state index contributed by atoms with van der Waals surface area (Å²) in [6.45, 7) is 10.9. The molecule has 0 aromatic rings. The van der Waals surface area contributed by atoms with Crippen molar-refractivity contribution in [2.45, 2.75) is 58.2 Å². The van der Waals surface area contributed by atoms with Crippen LogP contribution < -0.4 is 0 Å². The molecule has 0 aliphatic heterocycles. The van der Waals surface area contributed by atoms with E-state index in [1.807, 2.05) is 0 Å². The molecule has 0 radical (unpaired) electrons. The van der Waals surface area contributed by atoms with Gasteiger partial charge in [-0.25, -0.2) is 4.79 Å². The summed E-state index contributed by atoms with van der Waals surface area (Å²) in [5, 5.41) is 0.0794. The maximum Gasteiger partial charge on any atom is 0.338 e. The molecule has 0 aromatic carbocycles. The highest BCUT2D eigenvalue weighted by molar-refractivity contribution is 6.74. The Hall–Kier alpha value is -0.923. The lowest BCUT2D eigenvalue weighted by Crippen LogP contribution is -2.41. The van der Waals surface area contributed by atoms with Crippen molar-refractivity contribution in [2.24, 2.45) is 5.92 Å². The molecule has 1 unspecified atom stereocenters. The van der Waals surface area contributed by atoms with E-state index >= 15 is 0 Å². The first-order valence-electron chi connectivity index (χ1n) is 7.68. The van der Waals surface area contributed by atoms with Crippen molar-refractivity contribution < 1.29 is 14.0 Å². The van der Waals surface area contributed by atoms with Crippen molar-refractivity contribution in [1.29, 1.82) is 0 Å². The molecule has 0 aromatic heterocycles. The molecule has 0 spiro atoms. The van der Waals surface area contributed by atoms with Crippen LogP contribution in [0.25, 0.3) is 0 Å². The van der Waals surface area contributed by atoms with Crippen molar-refractivity contribution in [3.63, 3.8) is 0 Å². The Labute approximate surface area is 140 Å². The minimum atomic E-state index is -1.99. The second-order valence-electron chi connectivity index (χ2n) is 7.09. The number of rotatable bonds is 3. The van der Waals surface area contributed by atoms with E-state index in [2.05, 4.69) is 45.7 Å². The Morgan fingerprint density at radius 3 is 2.55 bits per heavy atom. The predicted octanol–water partition coefficient (Wildman–Crippen LogP) is 4.48. The molecule has 1 aliphatic rings. The quantitative estimate of drug-likeness (QED) is 0.328. The number of allylic oxidation sites excluding steroid dienone is 1. The van der Waals surface area contributed by atoms with E-state index in [0.717, 1.165) is 25.0 Å². The standard InChI is InChI=1S/C17H27ClO3Si/c1-17(2,3)22(5,6)21-14-11-7-9-13(10-8-12-18)15(14)16(19)20-4/h13H,7,9,11-12H2,1-6H3. The first kappa shape index (κ1) is 19.1. The highest BCUT2D eigenvalue weighted by atomic mass is 35.5. The third-order valence-electron chi connectivity index (χ3n) is 4.48. The zero-order valence-corrected chi connectivity index (χ0v) is 16.3. The molecule has 124 valence electrons. The van der Waals surface area contributed by atoms with E-state index in [-0.39, 0.29) is 22.8 Å². The molecular weight excluding hydrogens is 316 g/mol. The van der Waals surface area contributed by atoms with Gasteiger partial charge in [0.25, 0.3) is 0 Å². The summed E-state index contributed by atoms with van der Waals surface area (Å²) in [6, 6.07) is 0. The summed E-state index contributed by atoms with van der Waals surface area (Å²) in [5.74, 6) is 6.53. The summed E-state index contributed by atoms with van der Waals surface area (Å²) < 4.78 is 11.4. The molecule has 1 rings (SSSR count). The Kier molecular flexibility index (Phi) is 6.58. The lowest BCUT2D eigenvalue weighted by Gasteiger charge is -2.39. The molecule has 1 atom stereocenters. The van der Waals surface area contributed by atoms with Crippen LogP contribution in [0.15, 0.2) is 11.3 Å². The van der Waals surface area contributed by atoms with E-state index in [0.29, 0.717) is 5.57 Å². The van der Waals surface area contributed by atoms with Crippen molar-refractivity contribution in [3.8, 4) is 11.8 Å². The van der Waals surface area contributed by atoms with Gasteiger partial charge in [-0.2, -0.15) is 0 Å². The molecule has 0 heterocycles. The Bertz CT molecular complexity index is 506. The normalized spacial score (nSPS) is 19.3. The topological polar surface area (TPSA) is 35.5 Å². The summed E-state index contributed by atoms with van der Waals surface area (Å²) in [6.07, 6.45) is 2.58. The molecule has 0 bridgehead atoms. The van der Waals surface area contributed by atoms with Crippen LogP contribution in [0.4, 0.5) is 0 Å². The van der Waals surface area contributed by atoms with Crippen LogP contribution in [0.5, 0.6) is 0 Å². The lowest BCUT2D eigenvalue weighted by atomic mass is 9.87. The largest absolute Gasteiger partial charge is 0.546 e. The molecule has 0 N–H and O–H groups in total. The second kappa shape index (κ2) is 7.57. The molecule has 1 aliphatic carbocycles. The minimum Gasteiger partial charge on any atom is -0.546 e. The maximum absolute atomic E-state index is 12.2. The number of hydrogen-bond acceptors (Lipinski definition) is 3. The summed E-state index contributed by atoms with van der Waals surface area (Å²) in [7, 11) is -0.591. The maximum atomic E-state index is 12.2. The molecule has 0 amide bonds.